The zero-order chi connectivity index (χ0) is 17.3. The molecule has 0 aliphatic rings. The Labute approximate surface area is 116 Å². The highest BCUT2D eigenvalue weighted by atomic mass is 32.2. The molecule has 0 spiro atoms. The van der Waals surface area contributed by atoms with Crippen LogP contribution in [0, 0.1) is 5.41 Å². The lowest BCUT2D eigenvalue weighted by Gasteiger charge is -2.27. The van der Waals surface area contributed by atoms with Gasteiger partial charge in [-0.3, -0.25) is 4.79 Å². The third-order valence-electron chi connectivity index (χ3n) is 2.39. The fraction of sp³-hybridized carbons (Fsp3) is 0.889. The van der Waals surface area contributed by atoms with Crippen molar-refractivity contribution < 1.29 is 44.3 Å². The van der Waals surface area contributed by atoms with Crippen molar-refractivity contribution in [1.29, 1.82) is 0 Å². The Bertz CT molecular complexity index is 481. The molecule has 0 aliphatic heterocycles. The van der Waals surface area contributed by atoms with Crippen molar-refractivity contribution in [2.45, 2.75) is 38.6 Å². The van der Waals surface area contributed by atoms with E-state index in [2.05, 4.69) is 4.74 Å². The van der Waals surface area contributed by atoms with E-state index in [-0.39, 0.29) is 0 Å². The monoisotopic (exact) mass is 345 g/mol. The number of carbonyl (C=O) groups is 1. The van der Waals surface area contributed by atoms with E-state index in [0.29, 0.717) is 13.8 Å². The summed E-state index contributed by atoms with van der Waals surface area (Å²) in [5.41, 5.74) is -8.44. The van der Waals surface area contributed by atoms with Crippen molar-refractivity contribution in [3.63, 3.8) is 0 Å². The van der Waals surface area contributed by atoms with Gasteiger partial charge in [0.25, 0.3) is 0 Å². The molecule has 0 aromatic heterocycles. The van der Waals surface area contributed by atoms with Gasteiger partial charge in [-0.05, 0) is 20.8 Å². The molecule has 0 heterocycles. The van der Waals surface area contributed by atoms with E-state index in [1.54, 1.807) is 0 Å². The van der Waals surface area contributed by atoms with Crippen LogP contribution in [0.4, 0.5) is 26.3 Å². The Hall–Kier alpha value is -1.04. The van der Waals surface area contributed by atoms with E-state index in [4.69, 9.17) is 0 Å². The lowest BCUT2D eigenvalue weighted by atomic mass is 9.93. The molecule has 21 heavy (non-hydrogen) atoms. The first-order chi connectivity index (χ1) is 9.02. The Morgan fingerprint density at radius 3 is 1.90 bits per heavy atom. The van der Waals surface area contributed by atoms with Gasteiger partial charge in [-0.25, -0.2) is 13.1 Å². The van der Waals surface area contributed by atoms with Crippen LogP contribution in [0.5, 0.6) is 0 Å². The SMILES string of the molecule is CC(CNS(=O)(=O)C(F)(F)F)OC(=O)C(C)(C)C(F)(F)F. The van der Waals surface area contributed by atoms with E-state index < -0.39 is 45.7 Å². The summed E-state index contributed by atoms with van der Waals surface area (Å²) in [6.07, 6.45) is -6.44. The van der Waals surface area contributed by atoms with Gasteiger partial charge in [-0.2, -0.15) is 26.3 Å². The molecular formula is C9H13F6NO4S. The highest BCUT2D eigenvalue weighted by Gasteiger charge is 2.54. The van der Waals surface area contributed by atoms with Crippen LogP contribution >= 0.6 is 0 Å². The van der Waals surface area contributed by atoms with Gasteiger partial charge in [0, 0.05) is 6.54 Å². The number of sulfonamides is 1. The van der Waals surface area contributed by atoms with E-state index in [1.165, 1.54) is 0 Å². The van der Waals surface area contributed by atoms with Gasteiger partial charge in [-0.15, -0.1) is 0 Å². The predicted molar refractivity (Wildman–Crippen MR) is 58.4 cm³/mol. The quantitative estimate of drug-likeness (QED) is 0.611. The summed E-state index contributed by atoms with van der Waals surface area (Å²) in [6, 6.07) is 0. The van der Waals surface area contributed by atoms with Gasteiger partial charge >= 0.3 is 27.7 Å². The highest BCUT2D eigenvalue weighted by Crippen LogP contribution is 2.38. The minimum atomic E-state index is -5.66. The zero-order valence-electron chi connectivity index (χ0n) is 11.1. The molecule has 12 heteroatoms. The maximum atomic E-state index is 12.5. The molecule has 0 bridgehead atoms. The molecule has 5 nitrogen and oxygen atoms in total. The number of rotatable bonds is 5. The average Bonchev–Trinajstić information content (AvgIpc) is 2.23. The summed E-state index contributed by atoms with van der Waals surface area (Å²) < 4.78 is 100. The van der Waals surface area contributed by atoms with Gasteiger partial charge in [0.1, 0.15) is 6.10 Å². The predicted octanol–water partition coefficient (Wildman–Crippen LogP) is 1.95. The molecule has 0 aliphatic carbocycles. The Morgan fingerprint density at radius 1 is 1.14 bits per heavy atom. The molecule has 0 amide bonds. The van der Waals surface area contributed by atoms with Crippen LogP contribution in [0.2, 0.25) is 0 Å². The third-order valence-corrected chi connectivity index (χ3v) is 3.55. The maximum Gasteiger partial charge on any atom is 0.511 e. The standard InChI is InChI=1S/C9H13F6NO4S/c1-5(4-16-21(18,19)9(13,14)15)20-6(17)7(2,3)8(10,11)12/h5,16H,4H2,1-3H3. The molecule has 0 aromatic carbocycles. The highest BCUT2D eigenvalue weighted by molar-refractivity contribution is 7.90. The van der Waals surface area contributed by atoms with Crippen LogP contribution in [0.3, 0.4) is 0 Å². The second-order valence-corrected chi connectivity index (χ2v) is 6.39. The molecule has 1 N–H and O–H groups in total. The van der Waals surface area contributed by atoms with Crippen LogP contribution in [0.15, 0.2) is 0 Å². The van der Waals surface area contributed by atoms with Crippen molar-refractivity contribution in [1.82, 2.24) is 4.72 Å². The fourth-order valence-electron chi connectivity index (χ4n) is 0.796. The normalized spacial score (nSPS) is 15.7. The van der Waals surface area contributed by atoms with Crippen molar-refractivity contribution in [3.05, 3.63) is 0 Å². The van der Waals surface area contributed by atoms with Crippen molar-refractivity contribution in [2.24, 2.45) is 5.41 Å². The minimum Gasteiger partial charge on any atom is -0.461 e. The lowest BCUT2D eigenvalue weighted by Crippen LogP contribution is -2.45. The topological polar surface area (TPSA) is 72.5 Å². The fourth-order valence-corrected chi connectivity index (χ4v) is 1.41. The lowest BCUT2D eigenvalue weighted by molar-refractivity contribution is -0.227. The second-order valence-electron chi connectivity index (χ2n) is 4.64. The van der Waals surface area contributed by atoms with Crippen molar-refractivity contribution >= 4 is 16.0 Å². The number of hydrogen-bond donors (Lipinski definition) is 1. The summed E-state index contributed by atoms with van der Waals surface area (Å²) in [5, 5.41) is 0. The summed E-state index contributed by atoms with van der Waals surface area (Å²) >= 11 is 0. The first-order valence-electron chi connectivity index (χ1n) is 5.36. The first-order valence-corrected chi connectivity index (χ1v) is 6.84. The Kier molecular flexibility index (Phi) is 5.69. The number of hydrogen-bond acceptors (Lipinski definition) is 4. The van der Waals surface area contributed by atoms with Gasteiger partial charge in [-0.1, -0.05) is 0 Å². The second kappa shape index (κ2) is 5.99. The molecular weight excluding hydrogens is 332 g/mol. The first kappa shape index (κ1) is 20.0. The van der Waals surface area contributed by atoms with E-state index >= 15 is 0 Å². The van der Waals surface area contributed by atoms with Gasteiger partial charge in [0.2, 0.25) is 0 Å². The van der Waals surface area contributed by atoms with Gasteiger partial charge in [0.15, 0.2) is 5.41 Å². The molecule has 0 radical (unpaired) electrons. The van der Waals surface area contributed by atoms with E-state index in [9.17, 15) is 39.6 Å². The molecule has 1 unspecified atom stereocenters. The number of ether oxygens (including phenoxy) is 1. The van der Waals surface area contributed by atoms with E-state index in [1.807, 2.05) is 0 Å². The van der Waals surface area contributed by atoms with Crippen LogP contribution in [0.25, 0.3) is 0 Å². The summed E-state index contributed by atoms with van der Waals surface area (Å²) in [6.45, 7) is 0.995. The molecule has 0 saturated carbocycles. The molecule has 0 saturated heterocycles. The summed E-state index contributed by atoms with van der Waals surface area (Å²) in [4.78, 5) is 11.3. The number of esters is 1. The third kappa shape index (κ3) is 5.02. The molecule has 1 atom stereocenters. The smallest absolute Gasteiger partial charge is 0.461 e. The molecule has 0 fully saturated rings. The number of alkyl halides is 6. The van der Waals surface area contributed by atoms with E-state index in [0.717, 1.165) is 11.6 Å². The van der Waals surface area contributed by atoms with Crippen molar-refractivity contribution in [3.8, 4) is 0 Å². The average molecular weight is 345 g/mol. The van der Waals surface area contributed by atoms with Crippen LogP contribution in [-0.4, -0.2) is 38.7 Å². The van der Waals surface area contributed by atoms with Gasteiger partial charge in [0.05, 0.1) is 0 Å². The number of halogens is 6. The maximum absolute atomic E-state index is 12.5. The Balaban J connectivity index is 4.68. The van der Waals surface area contributed by atoms with Crippen molar-refractivity contribution in [2.75, 3.05) is 6.54 Å². The summed E-state index contributed by atoms with van der Waals surface area (Å²) in [5.74, 6) is -1.73. The number of nitrogens with one attached hydrogen (secondary N) is 1. The van der Waals surface area contributed by atoms with Crippen LogP contribution in [0.1, 0.15) is 20.8 Å². The minimum absolute atomic E-state index is 0.530. The zero-order valence-corrected chi connectivity index (χ0v) is 11.9. The largest absolute Gasteiger partial charge is 0.511 e. The Morgan fingerprint density at radius 2 is 1.57 bits per heavy atom. The number of carbonyl (C=O) groups excluding carboxylic acids is 1. The molecule has 126 valence electrons. The van der Waals surface area contributed by atoms with Crippen LogP contribution in [-0.2, 0) is 19.6 Å². The van der Waals surface area contributed by atoms with Gasteiger partial charge < -0.3 is 4.74 Å². The molecule has 0 aromatic rings. The molecule has 0 rings (SSSR count). The summed E-state index contributed by atoms with van der Waals surface area (Å²) in [7, 11) is -5.66. The van der Waals surface area contributed by atoms with Crippen LogP contribution < -0.4 is 4.72 Å².